The highest BCUT2D eigenvalue weighted by Gasteiger charge is 2.27. The zero-order chi connectivity index (χ0) is 13.3. The van der Waals surface area contributed by atoms with E-state index in [1.54, 1.807) is 0 Å². The van der Waals surface area contributed by atoms with Gasteiger partial charge in [-0.25, -0.2) is 0 Å². The average Bonchev–Trinajstić information content (AvgIpc) is 2.37. The van der Waals surface area contributed by atoms with Crippen molar-refractivity contribution in [3.8, 4) is 0 Å². The molecule has 0 saturated carbocycles. The lowest BCUT2D eigenvalue weighted by Gasteiger charge is -2.32. The number of rotatable bonds is 1. The van der Waals surface area contributed by atoms with Gasteiger partial charge in [0.15, 0.2) is 0 Å². The normalized spacial score (nSPS) is 23.8. The van der Waals surface area contributed by atoms with Gasteiger partial charge in [0.2, 0.25) is 0 Å². The third-order valence-corrected chi connectivity index (χ3v) is 3.74. The quantitative estimate of drug-likeness (QED) is 0.819. The summed E-state index contributed by atoms with van der Waals surface area (Å²) in [5.41, 5.74) is 4.45. The first kappa shape index (κ1) is 13.4. The Morgan fingerprint density at radius 3 is 2.67 bits per heavy atom. The Labute approximate surface area is 111 Å². The molecule has 100 valence electrons. The van der Waals surface area contributed by atoms with Crippen molar-refractivity contribution in [2.45, 2.75) is 40.7 Å². The van der Waals surface area contributed by atoms with Gasteiger partial charge in [0.05, 0.1) is 0 Å². The number of benzene rings is 1. The van der Waals surface area contributed by atoms with Crippen LogP contribution in [-0.2, 0) is 0 Å². The molecule has 2 rings (SSSR count). The van der Waals surface area contributed by atoms with Crippen molar-refractivity contribution < 1.29 is 0 Å². The molecule has 1 unspecified atom stereocenters. The minimum Gasteiger partial charge on any atom is -0.369 e. The predicted molar refractivity (Wildman–Crippen MR) is 79.4 cm³/mol. The van der Waals surface area contributed by atoms with Crippen LogP contribution in [0.4, 0.5) is 5.69 Å². The Bertz CT molecular complexity index is 423. The number of nitrogens with zero attached hydrogens (tertiary/aromatic N) is 1. The van der Waals surface area contributed by atoms with E-state index in [1.807, 2.05) is 0 Å². The highest BCUT2D eigenvalue weighted by atomic mass is 15.2. The van der Waals surface area contributed by atoms with Gasteiger partial charge in [-0.05, 0) is 37.8 Å². The first-order chi connectivity index (χ1) is 8.37. The summed E-state index contributed by atoms with van der Waals surface area (Å²) < 4.78 is 0. The molecule has 1 aromatic carbocycles. The van der Waals surface area contributed by atoms with E-state index >= 15 is 0 Å². The third kappa shape index (κ3) is 3.05. The highest BCUT2D eigenvalue weighted by Crippen LogP contribution is 2.27. The first-order valence-corrected chi connectivity index (χ1v) is 6.93. The van der Waals surface area contributed by atoms with Gasteiger partial charge in [0, 0.05) is 31.4 Å². The lowest BCUT2D eigenvalue weighted by molar-refractivity contribution is 0.362. The standard InChI is InChI=1S/C16H26N2/c1-12-6-7-15(13(2)8-12)18-9-14(3)17-10-16(4,5)11-18/h6-8,14,17H,9-11H2,1-5H3. The van der Waals surface area contributed by atoms with Crippen LogP contribution < -0.4 is 10.2 Å². The van der Waals surface area contributed by atoms with Gasteiger partial charge >= 0.3 is 0 Å². The molecule has 0 spiro atoms. The SMILES string of the molecule is Cc1ccc(N2CC(C)NCC(C)(C)C2)c(C)c1. The van der Waals surface area contributed by atoms with Crippen LogP contribution in [0.2, 0.25) is 0 Å². The summed E-state index contributed by atoms with van der Waals surface area (Å²) in [5.74, 6) is 0. The Kier molecular flexibility index (Phi) is 3.67. The molecule has 18 heavy (non-hydrogen) atoms. The molecule has 2 nitrogen and oxygen atoms in total. The molecule has 1 heterocycles. The molecule has 1 aromatic rings. The smallest absolute Gasteiger partial charge is 0.0396 e. The molecule has 1 N–H and O–H groups in total. The topological polar surface area (TPSA) is 15.3 Å². The van der Waals surface area contributed by atoms with Crippen LogP contribution in [0.5, 0.6) is 0 Å². The van der Waals surface area contributed by atoms with E-state index in [0.717, 1.165) is 19.6 Å². The van der Waals surface area contributed by atoms with Gasteiger partial charge in [0.1, 0.15) is 0 Å². The molecule has 1 aliphatic heterocycles. The Morgan fingerprint density at radius 2 is 2.00 bits per heavy atom. The maximum absolute atomic E-state index is 3.62. The van der Waals surface area contributed by atoms with Crippen molar-refractivity contribution >= 4 is 5.69 Å². The van der Waals surface area contributed by atoms with Crippen molar-refractivity contribution in [2.75, 3.05) is 24.5 Å². The molecule has 0 bridgehead atoms. The van der Waals surface area contributed by atoms with Crippen molar-refractivity contribution in [3.05, 3.63) is 29.3 Å². The summed E-state index contributed by atoms with van der Waals surface area (Å²) in [6, 6.07) is 7.33. The van der Waals surface area contributed by atoms with Gasteiger partial charge in [0.25, 0.3) is 0 Å². The monoisotopic (exact) mass is 246 g/mol. The van der Waals surface area contributed by atoms with E-state index in [4.69, 9.17) is 0 Å². The molecule has 1 aliphatic rings. The van der Waals surface area contributed by atoms with E-state index in [1.165, 1.54) is 16.8 Å². The van der Waals surface area contributed by atoms with E-state index < -0.39 is 0 Å². The summed E-state index contributed by atoms with van der Waals surface area (Å²) >= 11 is 0. The molecule has 2 heteroatoms. The van der Waals surface area contributed by atoms with Crippen LogP contribution in [0.1, 0.15) is 31.9 Å². The molecule has 1 atom stereocenters. The first-order valence-electron chi connectivity index (χ1n) is 6.93. The van der Waals surface area contributed by atoms with Crippen molar-refractivity contribution in [3.63, 3.8) is 0 Å². The predicted octanol–water partition coefficient (Wildman–Crippen LogP) is 3.13. The Morgan fingerprint density at radius 1 is 1.28 bits per heavy atom. The second-order valence-electron chi connectivity index (χ2n) is 6.62. The molecule has 0 radical (unpaired) electrons. The number of nitrogens with one attached hydrogen (secondary N) is 1. The molecule has 1 fully saturated rings. The molecule has 0 aliphatic carbocycles. The summed E-state index contributed by atoms with van der Waals surface area (Å²) in [6.45, 7) is 14.6. The van der Waals surface area contributed by atoms with Gasteiger partial charge < -0.3 is 10.2 Å². The van der Waals surface area contributed by atoms with Crippen LogP contribution in [0.3, 0.4) is 0 Å². The minimum absolute atomic E-state index is 0.322. The van der Waals surface area contributed by atoms with E-state index in [0.29, 0.717) is 11.5 Å². The number of anilines is 1. The average molecular weight is 246 g/mol. The second-order valence-corrected chi connectivity index (χ2v) is 6.62. The van der Waals surface area contributed by atoms with E-state index in [2.05, 4.69) is 63.0 Å². The maximum atomic E-state index is 3.62. The van der Waals surface area contributed by atoms with Crippen molar-refractivity contribution in [1.29, 1.82) is 0 Å². The summed E-state index contributed by atoms with van der Waals surface area (Å²) in [4.78, 5) is 2.54. The van der Waals surface area contributed by atoms with Crippen LogP contribution >= 0.6 is 0 Å². The molecular weight excluding hydrogens is 220 g/mol. The summed E-state index contributed by atoms with van der Waals surface area (Å²) in [7, 11) is 0. The summed E-state index contributed by atoms with van der Waals surface area (Å²) in [6.07, 6.45) is 0. The van der Waals surface area contributed by atoms with Crippen LogP contribution in [0.15, 0.2) is 18.2 Å². The molecule has 0 amide bonds. The van der Waals surface area contributed by atoms with Gasteiger partial charge in [-0.15, -0.1) is 0 Å². The lowest BCUT2D eigenvalue weighted by Crippen LogP contribution is -2.36. The van der Waals surface area contributed by atoms with Gasteiger partial charge in [-0.2, -0.15) is 0 Å². The number of hydrogen-bond donors (Lipinski definition) is 1. The van der Waals surface area contributed by atoms with Gasteiger partial charge in [-0.3, -0.25) is 0 Å². The Balaban J connectivity index is 2.29. The van der Waals surface area contributed by atoms with Crippen molar-refractivity contribution in [1.82, 2.24) is 5.32 Å². The molecule has 0 aromatic heterocycles. The van der Waals surface area contributed by atoms with Crippen LogP contribution in [-0.4, -0.2) is 25.7 Å². The molecule has 1 saturated heterocycles. The van der Waals surface area contributed by atoms with Gasteiger partial charge in [-0.1, -0.05) is 31.5 Å². The second kappa shape index (κ2) is 4.93. The van der Waals surface area contributed by atoms with Crippen molar-refractivity contribution in [2.24, 2.45) is 5.41 Å². The van der Waals surface area contributed by atoms with Crippen LogP contribution in [0.25, 0.3) is 0 Å². The van der Waals surface area contributed by atoms with Crippen LogP contribution in [0, 0.1) is 19.3 Å². The zero-order valence-corrected chi connectivity index (χ0v) is 12.4. The fourth-order valence-electron chi connectivity index (χ4n) is 2.83. The largest absolute Gasteiger partial charge is 0.369 e. The number of hydrogen-bond acceptors (Lipinski definition) is 2. The highest BCUT2D eigenvalue weighted by molar-refractivity contribution is 5.54. The maximum Gasteiger partial charge on any atom is 0.0396 e. The number of aryl methyl sites for hydroxylation is 2. The minimum atomic E-state index is 0.322. The third-order valence-electron chi connectivity index (χ3n) is 3.74. The Hall–Kier alpha value is -1.02. The lowest BCUT2D eigenvalue weighted by atomic mass is 9.93. The van der Waals surface area contributed by atoms with E-state index in [-0.39, 0.29) is 0 Å². The summed E-state index contributed by atoms with van der Waals surface area (Å²) in [5, 5.41) is 3.62. The fourth-order valence-corrected chi connectivity index (χ4v) is 2.83. The zero-order valence-electron chi connectivity index (χ0n) is 12.4. The fraction of sp³-hybridized carbons (Fsp3) is 0.625. The molecular formula is C16H26N2. The van der Waals surface area contributed by atoms with E-state index in [9.17, 15) is 0 Å².